The van der Waals surface area contributed by atoms with Gasteiger partial charge in [-0.2, -0.15) is 0 Å². The van der Waals surface area contributed by atoms with Gasteiger partial charge in [0.05, 0.1) is 21.7 Å². The van der Waals surface area contributed by atoms with E-state index in [2.05, 4.69) is 12.2 Å². The minimum absolute atomic E-state index is 0.0203. The van der Waals surface area contributed by atoms with Crippen LogP contribution >= 0.6 is 0 Å². The van der Waals surface area contributed by atoms with Crippen LogP contribution in [0.4, 0.5) is 21.5 Å². The molecule has 1 aliphatic rings. The number of Topliss-reactive ketones (excluding diaryl/α,β-unsaturated/α-hetero) is 1. The van der Waals surface area contributed by atoms with E-state index in [1.54, 1.807) is 0 Å². The summed E-state index contributed by atoms with van der Waals surface area (Å²) < 4.78 is 19.4. The highest BCUT2D eigenvalue weighted by Gasteiger charge is 2.25. The predicted octanol–water partition coefficient (Wildman–Crippen LogP) is 3.97. The first-order valence-electron chi connectivity index (χ1n) is 10.5. The molecular formula is C23H24FN3O6. The molecule has 3 rings (SSSR count). The Hall–Kier alpha value is -3.82. The van der Waals surface area contributed by atoms with Crippen LogP contribution in [-0.2, 0) is 9.53 Å². The van der Waals surface area contributed by atoms with Gasteiger partial charge >= 0.3 is 5.97 Å². The van der Waals surface area contributed by atoms with Crippen LogP contribution in [0, 0.1) is 21.8 Å². The molecule has 1 aliphatic heterocycles. The van der Waals surface area contributed by atoms with Gasteiger partial charge in [0.2, 0.25) is 11.7 Å². The van der Waals surface area contributed by atoms with Gasteiger partial charge < -0.3 is 15.0 Å². The highest BCUT2D eigenvalue weighted by atomic mass is 19.1. The van der Waals surface area contributed by atoms with Crippen molar-refractivity contribution in [1.82, 2.24) is 0 Å². The number of rotatable bonds is 7. The Bertz CT molecular complexity index is 1100. The van der Waals surface area contributed by atoms with Crippen molar-refractivity contribution in [3.05, 3.63) is 63.5 Å². The molecule has 2 aromatic rings. The molecule has 0 aliphatic carbocycles. The highest BCUT2D eigenvalue weighted by molar-refractivity contribution is 6.02. The molecule has 0 spiro atoms. The molecule has 0 aromatic heterocycles. The summed E-state index contributed by atoms with van der Waals surface area (Å²) in [6.45, 7) is 4.03. The van der Waals surface area contributed by atoms with Gasteiger partial charge in [-0.25, -0.2) is 9.18 Å². The van der Waals surface area contributed by atoms with Crippen LogP contribution in [0.1, 0.15) is 47.4 Å². The number of nitrogens with zero attached hydrogens (tertiary/aromatic N) is 2. The number of ketones is 1. The molecule has 174 valence electrons. The van der Waals surface area contributed by atoms with E-state index in [1.165, 1.54) is 31.2 Å². The van der Waals surface area contributed by atoms with Gasteiger partial charge in [-0.1, -0.05) is 6.92 Å². The summed E-state index contributed by atoms with van der Waals surface area (Å²) in [5, 5.41) is 13.6. The normalized spacial score (nSPS) is 14.0. The zero-order valence-electron chi connectivity index (χ0n) is 18.3. The maximum absolute atomic E-state index is 14.3. The van der Waals surface area contributed by atoms with Gasteiger partial charge in [0.15, 0.2) is 6.61 Å². The minimum Gasteiger partial charge on any atom is -0.454 e. The van der Waals surface area contributed by atoms with Crippen molar-refractivity contribution < 1.29 is 28.4 Å². The summed E-state index contributed by atoms with van der Waals surface area (Å²) in [6, 6.07) is 7.49. The molecule has 33 heavy (non-hydrogen) atoms. The maximum Gasteiger partial charge on any atom is 0.340 e. The molecular weight excluding hydrogens is 433 g/mol. The number of nitro groups is 1. The van der Waals surface area contributed by atoms with Crippen molar-refractivity contribution in [3.8, 4) is 0 Å². The van der Waals surface area contributed by atoms with E-state index in [1.807, 2.05) is 4.90 Å². The second-order valence-electron chi connectivity index (χ2n) is 8.00. The molecule has 0 unspecified atom stereocenters. The lowest BCUT2D eigenvalue weighted by Crippen LogP contribution is -2.34. The third kappa shape index (κ3) is 5.91. The lowest BCUT2D eigenvalue weighted by Gasteiger charge is -2.33. The SMILES string of the molecule is CC(=O)Nc1ccc(C(=O)COC(=O)c2cc([N+](=O)[O-])ccc2N2CCC(C)CC2)c(F)c1. The molecule has 0 atom stereocenters. The van der Waals surface area contributed by atoms with Crippen molar-refractivity contribution in [2.45, 2.75) is 26.7 Å². The van der Waals surface area contributed by atoms with Crippen LogP contribution in [0.5, 0.6) is 0 Å². The molecule has 0 bridgehead atoms. The molecule has 1 N–H and O–H groups in total. The van der Waals surface area contributed by atoms with Crippen LogP contribution in [0.3, 0.4) is 0 Å². The quantitative estimate of drug-likeness (QED) is 0.289. The number of nitrogens with one attached hydrogen (secondary N) is 1. The van der Waals surface area contributed by atoms with Crippen LogP contribution in [-0.4, -0.2) is 42.3 Å². The average molecular weight is 457 g/mol. The number of benzene rings is 2. The van der Waals surface area contributed by atoms with E-state index in [9.17, 15) is 28.9 Å². The lowest BCUT2D eigenvalue weighted by molar-refractivity contribution is -0.384. The largest absolute Gasteiger partial charge is 0.454 e. The summed E-state index contributed by atoms with van der Waals surface area (Å²) in [5.74, 6) is -2.41. The second-order valence-corrected chi connectivity index (χ2v) is 8.00. The van der Waals surface area contributed by atoms with Crippen LogP contribution in [0.15, 0.2) is 36.4 Å². The van der Waals surface area contributed by atoms with E-state index in [0.717, 1.165) is 25.0 Å². The standard InChI is InChI=1S/C23H24FN3O6/c1-14-7-9-26(10-8-14)21-6-4-17(27(31)32)12-19(21)23(30)33-13-22(29)18-5-3-16(11-20(18)24)25-15(2)28/h3-6,11-12,14H,7-10,13H2,1-2H3,(H,25,28). The van der Waals surface area contributed by atoms with Crippen molar-refractivity contribution in [2.75, 3.05) is 29.9 Å². The first kappa shape index (κ1) is 23.8. The number of esters is 1. The maximum atomic E-state index is 14.3. The van der Waals surface area contributed by atoms with Gasteiger partial charge in [0, 0.05) is 37.8 Å². The number of amides is 1. The lowest BCUT2D eigenvalue weighted by atomic mass is 9.98. The van der Waals surface area contributed by atoms with Gasteiger partial charge in [-0.05, 0) is 43.0 Å². The van der Waals surface area contributed by atoms with Crippen molar-refractivity contribution in [2.24, 2.45) is 5.92 Å². The molecule has 1 heterocycles. The molecule has 0 radical (unpaired) electrons. The topological polar surface area (TPSA) is 119 Å². The Labute approximate surface area is 189 Å². The number of carbonyl (C=O) groups is 3. The van der Waals surface area contributed by atoms with Gasteiger partial charge in [0.25, 0.3) is 5.69 Å². The summed E-state index contributed by atoms with van der Waals surface area (Å²) in [6.07, 6.45) is 1.83. The third-order valence-electron chi connectivity index (χ3n) is 5.46. The van der Waals surface area contributed by atoms with Crippen LogP contribution in [0.25, 0.3) is 0 Å². The number of ether oxygens (including phenoxy) is 1. The van der Waals surface area contributed by atoms with E-state index in [-0.39, 0.29) is 22.5 Å². The molecule has 10 heteroatoms. The number of nitro benzene ring substituents is 1. The molecule has 9 nitrogen and oxygen atoms in total. The first-order chi connectivity index (χ1) is 15.7. The van der Waals surface area contributed by atoms with Gasteiger partial charge in [0.1, 0.15) is 5.82 Å². The molecule has 1 saturated heterocycles. The zero-order valence-corrected chi connectivity index (χ0v) is 18.3. The number of hydrogen-bond acceptors (Lipinski definition) is 7. The highest BCUT2D eigenvalue weighted by Crippen LogP contribution is 2.30. The fraction of sp³-hybridized carbons (Fsp3) is 0.348. The van der Waals surface area contributed by atoms with E-state index in [4.69, 9.17) is 4.74 Å². The van der Waals surface area contributed by atoms with Crippen molar-refractivity contribution in [3.63, 3.8) is 0 Å². The number of halogens is 1. The average Bonchev–Trinajstić information content (AvgIpc) is 2.77. The zero-order chi connectivity index (χ0) is 24.1. The Morgan fingerprint density at radius 1 is 1.15 bits per heavy atom. The number of anilines is 2. The third-order valence-corrected chi connectivity index (χ3v) is 5.46. The van der Waals surface area contributed by atoms with Gasteiger partial charge in [-0.15, -0.1) is 0 Å². The number of piperidine rings is 1. The van der Waals surface area contributed by atoms with E-state index >= 15 is 0 Å². The smallest absolute Gasteiger partial charge is 0.340 e. The summed E-state index contributed by atoms with van der Waals surface area (Å²) >= 11 is 0. The van der Waals surface area contributed by atoms with Crippen LogP contribution in [0.2, 0.25) is 0 Å². The van der Waals surface area contributed by atoms with E-state index in [0.29, 0.717) is 24.7 Å². The minimum atomic E-state index is -0.907. The summed E-state index contributed by atoms with van der Waals surface area (Å²) in [4.78, 5) is 48.8. The van der Waals surface area contributed by atoms with Crippen LogP contribution < -0.4 is 10.2 Å². The fourth-order valence-corrected chi connectivity index (χ4v) is 3.64. The van der Waals surface area contributed by atoms with E-state index < -0.39 is 35.0 Å². The van der Waals surface area contributed by atoms with Crippen molar-refractivity contribution in [1.29, 1.82) is 0 Å². The summed E-state index contributed by atoms with van der Waals surface area (Å²) in [7, 11) is 0. The second kappa shape index (κ2) is 10.2. The molecule has 0 saturated carbocycles. The molecule has 2 aromatic carbocycles. The van der Waals surface area contributed by atoms with Crippen molar-refractivity contribution >= 4 is 34.7 Å². The first-order valence-corrected chi connectivity index (χ1v) is 10.5. The Kier molecular flexibility index (Phi) is 7.37. The number of carbonyl (C=O) groups excluding carboxylic acids is 3. The molecule has 1 fully saturated rings. The molecule has 1 amide bonds. The van der Waals surface area contributed by atoms with Gasteiger partial charge in [-0.3, -0.25) is 19.7 Å². The summed E-state index contributed by atoms with van der Waals surface area (Å²) in [5.41, 5.74) is 0.0812. The Morgan fingerprint density at radius 2 is 1.85 bits per heavy atom. The predicted molar refractivity (Wildman–Crippen MR) is 119 cm³/mol. The Morgan fingerprint density at radius 3 is 2.45 bits per heavy atom. The Balaban J connectivity index is 1.76. The fourth-order valence-electron chi connectivity index (χ4n) is 3.64. The number of non-ortho nitro benzene ring substituents is 1. The number of hydrogen-bond donors (Lipinski definition) is 1. The monoisotopic (exact) mass is 457 g/mol.